The molecule has 0 bridgehead atoms. The maximum atomic E-state index is 12.9. The Morgan fingerprint density at radius 1 is 1.20 bits per heavy atom. The fraction of sp³-hybridized carbons (Fsp3) is 0.0952. The largest absolute Gasteiger partial charge is 0.468 e. The molecule has 0 aliphatic carbocycles. The van der Waals surface area contributed by atoms with Gasteiger partial charge in [-0.1, -0.05) is 27.5 Å². The number of esters is 1. The molecule has 1 aliphatic rings. The van der Waals surface area contributed by atoms with Crippen LogP contribution in [0.15, 0.2) is 58.0 Å². The van der Waals surface area contributed by atoms with Gasteiger partial charge in [-0.3, -0.25) is 14.4 Å². The van der Waals surface area contributed by atoms with Crippen LogP contribution in [-0.2, 0) is 20.9 Å². The molecule has 4 rings (SSSR count). The average Bonchev–Trinajstić information content (AvgIpc) is 3.19. The number of halogens is 2. The smallest absolute Gasteiger partial charge is 0.325 e. The third-order valence-electron chi connectivity index (χ3n) is 4.57. The number of aromatic nitrogens is 1. The first-order chi connectivity index (χ1) is 14.4. The van der Waals surface area contributed by atoms with Crippen molar-refractivity contribution in [3.8, 4) is 0 Å². The molecule has 1 fully saturated rings. The highest BCUT2D eigenvalue weighted by Gasteiger charge is 2.36. The fourth-order valence-electron chi connectivity index (χ4n) is 3.17. The predicted octanol–water partition coefficient (Wildman–Crippen LogP) is 5.47. The van der Waals surface area contributed by atoms with Gasteiger partial charge < -0.3 is 9.30 Å². The minimum Gasteiger partial charge on any atom is -0.468 e. The monoisotopic (exact) mass is 504 g/mol. The first-order valence-electron chi connectivity index (χ1n) is 8.76. The molecule has 1 aliphatic heterocycles. The maximum absolute atomic E-state index is 12.9. The summed E-state index contributed by atoms with van der Waals surface area (Å²) in [5.74, 6) is -0.791. The summed E-state index contributed by atoms with van der Waals surface area (Å²) in [7, 11) is 1.33. The van der Waals surface area contributed by atoms with Crippen LogP contribution in [-0.4, -0.2) is 28.8 Å². The van der Waals surface area contributed by atoms with Crippen molar-refractivity contribution in [2.24, 2.45) is 0 Å². The van der Waals surface area contributed by atoms with Crippen LogP contribution in [0.1, 0.15) is 5.56 Å². The molecule has 2 aromatic carbocycles. The van der Waals surface area contributed by atoms with Crippen molar-refractivity contribution in [2.75, 3.05) is 12.0 Å². The van der Waals surface area contributed by atoms with Crippen molar-refractivity contribution in [3.05, 3.63) is 68.6 Å². The number of anilines is 1. The van der Waals surface area contributed by atoms with Crippen molar-refractivity contribution in [1.29, 1.82) is 0 Å². The number of benzene rings is 2. The summed E-state index contributed by atoms with van der Waals surface area (Å²) in [4.78, 5) is 38.6. The number of rotatable bonds is 4. The molecule has 0 N–H and O–H groups in total. The molecule has 1 aromatic heterocycles. The van der Waals surface area contributed by atoms with Crippen molar-refractivity contribution in [1.82, 2.24) is 4.57 Å². The number of carbonyl (C=O) groups is 3. The zero-order valence-corrected chi connectivity index (χ0v) is 18.8. The number of carbonyl (C=O) groups excluding carboxylic acids is 3. The summed E-state index contributed by atoms with van der Waals surface area (Å²) in [5.41, 5.74) is 1.99. The SMILES string of the molecule is COC(=O)Cn1cc(/C=C2\SC(=O)N(c3ccc(Cl)cc3)C2=O)c2cc(Br)ccc21. The molecule has 0 unspecified atom stereocenters. The van der Waals surface area contributed by atoms with E-state index in [2.05, 4.69) is 15.9 Å². The van der Waals surface area contributed by atoms with E-state index in [1.165, 1.54) is 7.11 Å². The minimum atomic E-state index is -0.406. The number of thioether (sulfide) groups is 1. The number of nitrogens with zero attached hydrogens (tertiary/aromatic N) is 2. The Bertz CT molecular complexity index is 1220. The highest BCUT2D eigenvalue weighted by Crippen LogP contribution is 2.37. The topological polar surface area (TPSA) is 68.6 Å². The van der Waals surface area contributed by atoms with Gasteiger partial charge in [-0.25, -0.2) is 4.90 Å². The number of ether oxygens (including phenoxy) is 1. The van der Waals surface area contributed by atoms with Crippen LogP contribution < -0.4 is 4.90 Å². The van der Waals surface area contributed by atoms with Crippen LogP contribution in [0, 0.1) is 0 Å². The zero-order chi connectivity index (χ0) is 21.4. The molecule has 152 valence electrons. The molecular formula is C21H14BrClN2O4S. The van der Waals surface area contributed by atoms with Crippen molar-refractivity contribution in [3.63, 3.8) is 0 Å². The minimum absolute atomic E-state index is 0.0364. The van der Waals surface area contributed by atoms with Crippen molar-refractivity contribution >= 4 is 79.1 Å². The summed E-state index contributed by atoms with van der Waals surface area (Å²) in [6.07, 6.45) is 3.44. The number of fused-ring (bicyclic) bond motifs is 1. The predicted molar refractivity (Wildman–Crippen MR) is 122 cm³/mol. The van der Waals surface area contributed by atoms with Crippen LogP contribution in [0.4, 0.5) is 10.5 Å². The Labute approximate surface area is 189 Å². The summed E-state index contributed by atoms with van der Waals surface area (Å²) in [6, 6.07) is 12.2. The Kier molecular flexibility index (Phi) is 5.73. The highest BCUT2D eigenvalue weighted by molar-refractivity contribution is 9.10. The molecule has 2 heterocycles. The lowest BCUT2D eigenvalue weighted by Gasteiger charge is -2.12. The standard InChI is InChI=1S/C21H14BrClN2O4S/c1-29-19(26)11-24-10-12(16-9-13(22)2-7-17(16)24)8-18-20(27)25(21(28)30-18)15-5-3-14(23)4-6-15/h2-10H,11H2,1H3/b18-8-. The van der Waals surface area contributed by atoms with Gasteiger partial charge in [0.25, 0.3) is 11.1 Å². The lowest BCUT2D eigenvalue weighted by Crippen LogP contribution is -2.27. The lowest BCUT2D eigenvalue weighted by molar-refractivity contribution is -0.141. The first kappa shape index (κ1) is 20.7. The van der Waals surface area contributed by atoms with E-state index in [1.54, 1.807) is 41.1 Å². The molecule has 0 spiro atoms. The fourth-order valence-corrected chi connectivity index (χ4v) is 4.49. The molecule has 0 saturated carbocycles. The van der Waals surface area contributed by atoms with Crippen LogP contribution in [0.3, 0.4) is 0 Å². The first-order valence-corrected chi connectivity index (χ1v) is 10.7. The Hall–Kier alpha value is -2.55. The number of amides is 2. The van der Waals surface area contributed by atoms with E-state index in [1.807, 2.05) is 18.2 Å². The lowest BCUT2D eigenvalue weighted by atomic mass is 10.1. The van der Waals surface area contributed by atoms with Gasteiger partial charge in [-0.05, 0) is 60.3 Å². The van der Waals surface area contributed by atoms with E-state index >= 15 is 0 Å². The maximum Gasteiger partial charge on any atom is 0.325 e. The van der Waals surface area contributed by atoms with E-state index in [4.69, 9.17) is 16.3 Å². The van der Waals surface area contributed by atoms with Gasteiger partial charge in [0.15, 0.2) is 0 Å². The molecule has 0 atom stereocenters. The Morgan fingerprint density at radius 2 is 1.93 bits per heavy atom. The quantitative estimate of drug-likeness (QED) is 0.347. The molecule has 2 amide bonds. The summed E-state index contributed by atoms with van der Waals surface area (Å²) < 4.78 is 7.38. The van der Waals surface area contributed by atoms with Crippen molar-refractivity contribution in [2.45, 2.75) is 6.54 Å². The third kappa shape index (κ3) is 3.90. The molecule has 30 heavy (non-hydrogen) atoms. The van der Waals surface area contributed by atoms with Gasteiger partial charge in [0.2, 0.25) is 0 Å². The molecular weight excluding hydrogens is 492 g/mol. The van der Waals surface area contributed by atoms with E-state index < -0.39 is 5.91 Å². The van der Waals surface area contributed by atoms with Crippen LogP contribution in [0.5, 0.6) is 0 Å². The van der Waals surface area contributed by atoms with Crippen LogP contribution in [0.2, 0.25) is 5.02 Å². The Balaban J connectivity index is 1.75. The Morgan fingerprint density at radius 3 is 2.63 bits per heavy atom. The number of hydrogen-bond donors (Lipinski definition) is 0. The number of methoxy groups -OCH3 is 1. The van der Waals surface area contributed by atoms with E-state index in [9.17, 15) is 14.4 Å². The van der Waals surface area contributed by atoms with Gasteiger partial charge in [0, 0.05) is 32.2 Å². The van der Waals surface area contributed by atoms with E-state index in [0.717, 1.165) is 37.6 Å². The summed E-state index contributed by atoms with van der Waals surface area (Å²) in [5, 5.41) is 0.977. The van der Waals surface area contributed by atoms with Crippen molar-refractivity contribution < 1.29 is 19.1 Å². The van der Waals surface area contributed by atoms with Crippen LogP contribution >= 0.6 is 39.3 Å². The second kappa shape index (κ2) is 8.29. The van der Waals surface area contributed by atoms with Gasteiger partial charge in [0.1, 0.15) is 6.54 Å². The zero-order valence-electron chi connectivity index (χ0n) is 15.6. The van der Waals surface area contributed by atoms with Gasteiger partial charge in [0.05, 0.1) is 17.7 Å². The van der Waals surface area contributed by atoms with E-state index in [0.29, 0.717) is 15.6 Å². The molecule has 1 saturated heterocycles. The van der Waals surface area contributed by atoms with Gasteiger partial charge in [-0.2, -0.15) is 0 Å². The van der Waals surface area contributed by atoms with Gasteiger partial charge >= 0.3 is 5.97 Å². The summed E-state index contributed by atoms with van der Waals surface area (Å²) in [6.45, 7) is 0.0364. The normalized spacial score (nSPS) is 15.4. The van der Waals surface area contributed by atoms with Crippen LogP contribution in [0.25, 0.3) is 17.0 Å². The van der Waals surface area contributed by atoms with Gasteiger partial charge in [-0.15, -0.1) is 0 Å². The molecule has 9 heteroatoms. The second-order valence-electron chi connectivity index (χ2n) is 6.44. The number of imide groups is 1. The second-order valence-corrected chi connectivity index (χ2v) is 8.79. The molecule has 0 radical (unpaired) electrons. The highest BCUT2D eigenvalue weighted by atomic mass is 79.9. The van der Waals surface area contributed by atoms with E-state index in [-0.39, 0.29) is 17.8 Å². The molecule has 6 nitrogen and oxygen atoms in total. The average molecular weight is 506 g/mol. The number of hydrogen-bond acceptors (Lipinski definition) is 5. The summed E-state index contributed by atoms with van der Waals surface area (Å²) >= 11 is 10.2. The molecule has 3 aromatic rings. The third-order valence-corrected chi connectivity index (χ3v) is 6.18.